The van der Waals surface area contributed by atoms with E-state index < -0.39 is 11.8 Å². The summed E-state index contributed by atoms with van der Waals surface area (Å²) < 4.78 is 18.2. The number of carbonyl (C=O) groups excluding carboxylic acids is 1. The van der Waals surface area contributed by atoms with Gasteiger partial charge in [-0.05, 0) is 17.7 Å². The maximum absolute atomic E-state index is 13.3. The molecule has 0 heterocycles. The molecule has 0 aliphatic carbocycles. The molecule has 0 aliphatic rings. The molecule has 1 aromatic carbocycles. The second kappa shape index (κ2) is 5.14. The first-order valence-corrected chi connectivity index (χ1v) is 4.35. The van der Waals surface area contributed by atoms with Crippen LogP contribution in [-0.4, -0.2) is 12.6 Å². The van der Waals surface area contributed by atoms with Gasteiger partial charge in [0.2, 0.25) is 0 Å². The highest BCUT2D eigenvalue weighted by atomic mass is 19.1. The van der Waals surface area contributed by atoms with Gasteiger partial charge in [-0.25, -0.2) is 4.39 Å². The molecular weight excluding hydrogens is 199 g/mol. The lowest BCUT2D eigenvalue weighted by atomic mass is 10.1. The molecule has 80 valence electrons. The molecule has 0 fully saturated rings. The van der Waals surface area contributed by atoms with E-state index in [-0.39, 0.29) is 18.8 Å². The van der Waals surface area contributed by atoms with E-state index in [4.69, 9.17) is 4.74 Å². The topological polar surface area (TPSA) is 49.4 Å². The van der Waals surface area contributed by atoms with E-state index in [2.05, 4.69) is 6.58 Å². The van der Waals surface area contributed by atoms with Crippen LogP contribution in [0.25, 0.3) is 0 Å². The Balaban J connectivity index is 2.78. The fraction of sp³-hybridized carbons (Fsp3) is 0.182. The molecule has 0 radical (unpaired) electrons. The van der Waals surface area contributed by atoms with Gasteiger partial charge in [0.25, 0.3) is 0 Å². The summed E-state index contributed by atoms with van der Waals surface area (Å²) in [5.74, 6) is -1.75. The third kappa shape index (κ3) is 3.42. The molecule has 3 nitrogen and oxygen atoms in total. The van der Waals surface area contributed by atoms with Gasteiger partial charge < -0.3 is 14.6 Å². The predicted octanol–water partition coefficient (Wildman–Crippen LogP) is 0.683. The van der Waals surface area contributed by atoms with Gasteiger partial charge in [-0.15, -0.1) is 0 Å². The van der Waals surface area contributed by atoms with Gasteiger partial charge in [0.15, 0.2) is 11.6 Å². The van der Waals surface area contributed by atoms with E-state index >= 15 is 0 Å². The Morgan fingerprint density at radius 2 is 2.33 bits per heavy atom. The van der Waals surface area contributed by atoms with Crippen molar-refractivity contribution in [1.82, 2.24) is 0 Å². The lowest BCUT2D eigenvalue weighted by Gasteiger charge is -2.07. The maximum Gasteiger partial charge on any atom is 0.165 e. The number of benzene rings is 1. The van der Waals surface area contributed by atoms with Crippen molar-refractivity contribution >= 4 is 5.97 Å². The monoisotopic (exact) mass is 209 g/mol. The number of carboxylic acids is 1. The van der Waals surface area contributed by atoms with Crippen LogP contribution in [0.2, 0.25) is 0 Å². The normalized spacial score (nSPS) is 9.67. The molecule has 0 saturated carbocycles. The van der Waals surface area contributed by atoms with E-state index in [1.165, 1.54) is 18.2 Å². The Labute approximate surface area is 86.8 Å². The number of hydrogen-bond acceptors (Lipinski definition) is 3. The third-order valence-corrected chi connectivity index (χ3v) is 1.70. The molecular formula is C11H10FO3-. The molecule has 15 heavy (non-hydrogen) atoms. The van der Waals surface area contributed by atoms with Crippen LogP contribution < -0.4 is 9.84 Å². The summed E-state index contributed by atoms with van der Waals surface area (Å²) in [7, 11) is 0. The number of carbonyl (C=O) groups is 1. The van der Waals surface area contributed by atoms with Crippen LogP contribution in [0.4, 0.5) is 4.39 Å². The summed E-state index contributed by atoms with van der Waals surface area (Å²) in [6, 6.07) is 3.99. The van der Waals surface area contributed by atoms with E-state index in [0.717, 1.165) is 6.07 Å². The Morgan fingerprint density at radius 1 is 1.60 bits per heavy atom. The van der Waals surface area contributed by atoms with Crippen LogP contribution >= 0.6 is 0 Å². The van der Waals surface area contributed by atoms with Gasteiger partial charge in [0, 0.05) is 12.4 Å². The number of rotatable bonds is 5. The van der Waals surface area contributed by atoms with Crippen molar-refractivity contribution in [3.8, 4) is 5.75 Å². The van der Waals surface area contributed by atoms with Crippen molar-refractivity contribution in [2.24, 2.45) is 0 Å². The molecule has 0 N–H and O–H groups in total. The van der Waals surface area contributed by atoms with Gasteiger partial charge in [-0.1, -0.05) is 18.7 Å². The molecule has 0 atom stereocenters. The standard InChI is InChI=1S/C11H11FO3/c1-2-5-15-10-4-3-8(6-9(10)12)7-11(13)14/h2-4,6H,1,5,7H2,(H,13,14)/p-1. The van der Waals surface area contributed by atoms with Crippen LogP contribution in [0.5, 0.6) is 5.75 Å². The number of aliphatic carboxylic acids is 1. The summed E-state index contributed by atoms with van der Waals surface area (Å²) in [6.07, 6.45) is 1.19. The number of carboxylic acid groups (broad SMARTS) is 1. The molecule has 0 spiro atoms. The first-order chi connectivity index (χ1) is 7.13. The third-order valence-electron chi connectivity index (χ3n) is 1.70. The van der Waals surface area contributed by atoms with Crippen molar-refractivity contribution in [3.05, 3.63) is 42.2 Å². The molecule has 0 bridgehead atoms. The second-order valence-corrected chi connectivity index (χ2v) is 2.91. The summed E-state index contributed by atoms with van der Waals surface area (Å²) in [5.41, 5.74) is 0.346. The van der Waals surface area contributed by atoms with Gasteiger partial charge in [-0.3, -0.25) is 0 Å². The quantitative estimate of drug-likeness (QED) is 0.670. The largest absolute Gasteiger partial charge is 0.550 e. The molecule has 0 saturated heterocycles. The van der Waals surface area contributed by atoms with Crippen LogP contribution in [-0.2, 0) is 11.2 Å². The highest BCUT2D eigenvalue weighted by Gasteiger charge is 2.04. The smallest absolute Gasteiger partial charge is 0.165 e. The number of halogens is 1. The van der Waals surface area contributed by atoms with Crippen molar-refractivity contribution in [2.75, 3.05) is 6.61 Å². The summed E-state index contributed by atoms with van der Waals surface area (Å²) in [6.45, 7) is 3.63. The zero-order valence-electron chi connectivity index (χ0n) is 8.03. The molecule has 1 rings (SSSR count). The van der Waals surface area contributed by atoms with E-state index in [0.29, 0.717) is 5.56 Å². The van der Waals surface area contributed by atoms with Crippen LogP contribution in [0.15, 0.2) is 30.9 Å². The average molecular weight is 209 g/mol. The second-order valence-electron chi connectivity index (χ2n) is 2.91. The van der Waals surface area contributed by atoms with Crippen molar-refractivity contribution in [2.45, 2.75) is 6.42 Å². The lowest BCUT2D eigenvalue weighted by Crippen LogP contribution is -2.24. The van der Waals surface area contributed by atoms with Crippen LogP contribution in [0.3, 0.4) is 0 Å². The number of hydrogen-bond donors (Lipinski definition) is 0. The molecule has 0 amide bonds. The molecule has 0 aromatic heterocycles. The zero-order valence-corrected chi connectivity index (χ0v) is 8.03. The van der Waals surface area contributed by atoms with E-state index in [9.17, 15) is 14.3 Å². The zero-order chi connectivity index (χ0) is 11.3. The minimum atomic E-state index is -1.24. The summed E-state index contributed by atoms with van der Waals surface area (Å²) in [4.78, 5) is 10.3. The highest BCUT2D eigenvalue weighted by Crippen LogP contribution is 2.18. The van der Waals surface area contributed by atoms with E-state index in [1.54, 1.807) is 0 Å². The predicted molar refractivity (Wildman–Crippen MR) is 50.8 cm³/mol. The molecule has 0 unspecified atom stereocenters. The highest BCUT2D eigenvalue weighted by molar-refractivity contribution is 5.68. The first-order valence-electron chi connectivity index (χ1n) is 4.35. The van der Waals surface area contributed by atoms with E-state index in [1.807, 2.05) is 0 Å². The minimum absolute atomic E-state index is 0.0806. The van der Waals surface area contributed by atoms with Crippen LogP contribution in [0, 0.1) is 5.82 Å². The average Bonchev–Trinajstić information content (AvgIpc) is 2.15. The Morgan fingerprint density at radius 3 is 2.87 bits per heavy atom. The minimum Gasteiger partial charge on any atom is -0.550 e. The summed E-state index contributed by atoms with van der Waals surface area (Å²) in [5, 5.41) is 10.3. The lowest BCUT2D eigenvalue weighted by molar-refractivity contribution is -0.304. The van der Waals surface area contributed by atoms with Crippen LogP contribution in [0.1, 0.15) is 5.56 Å². The van der Waals surface area contributed by atoms with Crippen molar-refractivity contribution in [1.29, 1.82) is 0 Å². The summed E-state index contributed by atoms with van der Waals surface area (Å²) >= 11 is 0. The fourth-order valence-electron chi connectivity index (χ4n) is 1.09. The van der Waals surface area contributed by atoms with Gasteiger partial charge in [-0.2, -0.15) is 0 Å². The van der Waals surface area contributed by atoms with Gasteiger partial charge in [0.05, 0.1) is 0 Å². The molecule has 0 aliphatic heterocycles. The molecule has 1 aromatic rings. The Bertz CT molecular complexity index is 374. The van der Waals surface area contributed by atoms with Gasteiger partial charge in [0.1, 0.15) is 6.61 Å². The first kappa shape index (κ1) is 11.2. The van der Waals surface area contributed by atoms with Crippen molar-refractivity contribution < 1.29 is 19.0 Å². The Kier molecular flexibility index (Phi) is 3.85. The van der Waals surface area contributed by atoms with Crippen molar-refractivity contribution in [3.63, 3.8) is 0 Å². The fourth-order valence-corrected chi connectivity index (χ4v) is 1.09. The Hall–Kier alpha value is -1.84. The molecule has 4 heteroatoms. The van der Waals surface area contributed by atoms with Gasteiger partial charge >= 0.3 is 0 Å². The SMILES string of the molecule is C=CCOc1ccc(CC(=O)[O-])cc1F. The number of ether oxygens (including phenoxy) is 1. The maximum atomic E-state index is 13.3.